The SMILES string of the molecule is CN(CC(O)CO)C(=O)c1ccc2c(c1)[C@H](c1ccccc1F)N(c1nc(-c3nc4ccccc4o3)c(O)c(=O)n1C)CC2. The zero-order chi connectivity index (χ0) is 31.1. The molecule has 5 aromatic rings. The Hall–Kier alpha value is -5.07. The molecule has 12 heteroatoms. The van der Waals surface area contributed by atoms with Crippen molar-refractivity contribution < 1.29 is 28.9 Å². The van der Waals surface area contributed by atoms with Gasteiger partial charge in [-0.25, -0.2) is 14.4 Å². The molecule has 3 aromatic carbocycles. The van der Waals surface area contributed by atoms with E-state index < -0.39 is 41.8 Å². The van der Waals surface area contributed by atoms with Gasteiger partial charge in [-0.2, -0.15) is 0 Å². The lowest BCUT2D eigenvalue weighted by Crippen LogP contribution is -2.41. The predicted octanol–water partition coefficient (Wildman–Crippen LogP) is 3.01. The van der Waals surface area contributed by atoms with E-state index in [4.69, 9.17) is 4.42 Å². The van der Waals surface area contributed by atoms with E-state index in [-0.39, 0.29) is 24.1 Å². The number of carbonyl (C=O) groups is 1. The summed E-state index contributed by atoms with van der Waals surface area (Å²) in [5, 5.41) is 29.9. The standard InChI is InChI=1S/C32H30FN5O6/c1-36(16-20(40)17-39)30(42)19-12-11-18-13-14-38(27(22(18)15-19)21-7-3-4-8-23(21)33)32-35-26(28(41)31(43)37(32)2)29-34-24-9-5-6-10-25(24)44-29/h3-12,15,20,27,39-41H,13-14,16-17H2,1-2H3/t20?,27-/m0/s1. The van der Waals surface area contributed by atoms with Gasteiger partial charge in [-0.05, 0) is 47.9 Å². The van der Waals surface area contributed by atoms with Crippen molar-refractivity contribution in [3.05, 3.63) is 105 Å². The number of likely N-dealkylation sites (N-methyl/N-ethyl adjacent to an activating group) is 1. The van der Waals surface area contributed by atoms with E-state index in [1.165, 1.54) is 29.6 Å². The third kappa shape index (κ3) is 5.07. The molecule has 0 fully saturated rings. The molecule has 2 aromatic heterocycles. The fraction of sp³-hybridized carbons (Fsp3) is 0.250. The normalized spacial score (nSPS) is 15.3. The number of oxazole rings is 1. The molecule has 2 atom stereocenters. The molecule has 6 rings (SSSR count). The van der Waals surface area contributed by atoms with Crippen LogP contribution in [-0.2, 0) is 13.5 Å². The number of para-hydroxylation sites is 2. The van der Waals surface area contributed by atoms with Crippen LogP contribution in [0.3, 0.4) is 0 Å². The van der Waals surface area contributed by atoms with E-state index in [1.54, 1.807) is 59.5 Å². The molecule has 3 heterocycles. The zero-order valence-electron chi connectivity index (χ0n) is 24.0. The molecule has 0 aliphatic carbocycles. The fourth-order valence-electron chi connectivity index (χ4n) is 5.63. The number of amides is 1. The van der Waals surface area contributed by atoms with Crippen LogP contribution in [0.5, 0.6) is 5.75 Å². The highest BCUT2D eigenvalue weighted by molar-refractivity contribution is 5.94. The second kappa shape index (κ2) is 11.5. The first-order valence-corrected chi connectivity index (χ1v) is 14.0. The van der Waals surface area contributed by atoms with Crippen molar-refractivity contribution in [2.75, 3.05) is 31.6 Å². The molecule has 3 N–H and O–H groups in total. The van der Waals surface area contributed by atoms with Gasteiger partial charge in [0.15, 0.2) is 11.3 Å². The minimum Gasteiger partial charge on any atom is -0.501 e. The van der Waals surface area contributed by atoms with Gasteiger partial charge in [-0.15, -0.1) is 0 Å². The fourth-order valence-corrected chi connectivity index (χ4v) is 5.63. The molecule has 226 valence electrons. The van der Waals surface area contributed by atoms with Gasteiger partial charge in [0.1, 0.15) is 11.3 Å². The van der Waals surface area contributed by atoms with Crippen LogP contribution >= 0.6 is 0 Å². The first-order chi connectivity index (χ1) is 21.2. The number of nitrogens with zero attached hydrogens (tertiary/aromatic N) is 5. The number of aromatic nitrogens is 3. The maximum Gasteiger partial charge on any atom is 0.297 e. The number of aliphatic hydroxyl groups is 2. The van der Waals surface area contributed by atoms with Crippen molar-refractivity contribution in [2.45, 2.75) is 18.6 Å². The van der Waals surface area contributed by atoms with Crippen molar-refractivity contribution in [2.24, 2.45) is 7.05 Å². The highest BCUT2D eigenvalue weighted by atomic mass is 19.1. The molecular weight excluding hydrogens is 569 g/mol. The minimum atomic E-state index is -1.10. The van der Waals surface area contributed by atoms with Crippen LogP contribution in [0.25, 0.3) is 22.7 Å². The lowest BCUT2D eigenvalue weighted by molar-refractivity contribution is 0.0520. The molecule has 11 nitrogen and oxygen atoms in total. The highest BCUT2D eigenvalue weighted by Gasteiger charge is 2.35. The third-order valence-electron chi connectivity index (χ3n) is 7.86. The molecule has 44 heavy (non-hydrogen) atoms. The number of rotatable bonds is 7. The number of hydrogen-bond donors (Lipinski definition) is 3. The van der Waals surface area contributed by atoms with Gasteiger partial charge in [0.2, 0.25) is 11.7 Å². The lowest BCUT2D eigenvalue weighted by Gasteiger charge is -2.39. The van der Waals surface area contributed by atoms with Crippen molar-refractivity contribution >= 4 is 23.0 Å². The summed E-state index contributed by atoms with van der Waals surface area (Å²) >= 11 is 0. The molecule has 0 bridgehead atoms. The van der Waals surface area contributed by atoms with Crippen LogP contribution in [0.2, 0.25) is 0 Å². The largest absolute Gasteiger partial charge is 0.501 e. The van der Waals surface area contributed by atoms with Crippen molar-refractivity contribution in [3.8, 4) is 17.3 Å². The molecule has 0 saturated heterocycles. The predicted molar refractivity (Wildman–Crippen MR) is 160 cm³/mol. The van der Waals surface area contributed by atoms with Crippen LogP contribution in [0, 0.1) is 5.82 Å². The van der Waals surface area contributed by atoms with Crippen LogP contribution in [-0.4, -0.2) is 73.5 Å². The topological polar surface area (TPSA) is 145 Å². The number of halogens is 1. The second-order valence-corrected chi connectivity index (χ2v) is 10.8. The number of benzene rings is 3. The van der Waals surface area contributed by atoms with Crippen LogP contribution in [0.1, 0.15) is 33.1 Å². The van der Waals surface area contributed by atoms with Crippen LogP contribution in [0.15, 0.2) is 75.9 Å². The first-order valence-electron chi connectivity index (χ1n) is 14.0. The quantitative estimate of drug-likeness (QED) is 0.257. The van der Waals surface area contributed by atoms with Crippen LogP contribution in [0.4, 0.5) is 10.3 Å². The molecule has 0 saturated carbocycles. The maximum atomic E-state index is 15.5. The van der Waals surface area contributed by atoms with Crippen molar-refractivity contribution in [1.29, 1.82) is 0 Å². The van der Waals surface area contributed by atoms with Gasteiger partial charge < -0.3 is 29.5 Å². The van der Waals surface area contributed by atoms with Gasteiger partial charge in [0.05, 0.1) is 18.8 Å². The Balaban J connectivity index is 1.50. The molecule has 1 aliphatic heterocycles. The smallest absolute Gasteiger partial charge is 0.297 e. The van der Waals surface area contributed by atoms with Gasteiger partial charge >= 0.3 is 0 Å². The molecule has 0 radical (unpaired) electrons. The van der Waals surface area contributed by atoms with Crippen molar-refractivity contribution in [3.63, 3.8) is 0 Å². The van der Waals surface area contributed by atoms with Gasteiger partial charge in [-0.1, -0.05) is 36.4 Å². The van der Waals surface area contributed by atoms with E-state index in [9.17, 15) is 24.9 Å². The molecule has 1 unspecified atom stereocenters. The Morgan fingerprint density at radius 1 is 1.11 bits per heavy atom. The molecule has 1 aliphatic rings. The minimum absolute atomic E-state index is 0.0384. The number of carbonyl (C=O) groups excluding carboxylic acids is 1. The lowest BCUT2D eigenvalue weighted by atomic mass is 9.86. The molecule has 1 amide bonds. The summed E-state index contributed by atoms with van der Waals surface area (Å²) in [7, 11) is 2.99. The van der Waals surface area contributed by atoms with E-state index >= 15 is 4.39 Å². The summed E-state index contributed by atoms with van der Waals surface area (Å²) in [6.07, 6.45) is -0.608. The maximum absolute atomic E-state index is 15.5. The van der Waals surface area contributed by atoms with Gasteiger partial charge in [0.25, 0.3) is 17.4 Å². The summed E-state index contributed by atoms with van der Waals surface area (Å²) in [5.41, 5.74) is 2.21. The van der Waals surface area contributed by atoms with Crippen LogP contribution < -0.4 is 10.5 Å². The van der Waals surface area contributed by atoms with Gasteiger partial charge in [0, 0.05) is 38.3 Å². The third-order valence-corrected chi connectivity index (χ3v) is 7.86. The summed E-state index contributed by atoms with van der Waals surface area (Å²) < 4.78 is 22.5. The summed E-state index contributed by atoms with van der Waals surface area (Å²) in [4.78, 5) is 38.8. The summed E-state index contributed by atoms with van der Waals surface area (Å²) in [5.74, 6) is -1.41. The monoisotopic (exact) mass is 599 g/mol. The Kier molecular flexibility index (Phi) is 7.62. The van der Waals surface area contributed by atoms with E-state index in [0.29, 0.717) is 40.8 Å². The molecular formula is C32H30FN5O6. The zero-order valence-corrected chi connectivity index (χ0v) is 24.0. The average Bonchev–Trinajstić information content (AvgIpc) is 3.47. The number of anilines is 1. The number of aromatic hydroxyl groups is 1. The Morgan fingerprint density at radius 3 is 2.61 bits per heavy atom. The Morgan fingerprint density at radius 2 is 1.86 bits per heavy atom. The van der Waals surface area contributed by atoms with Gasteiger partial charge in [-0.3, -0.25) is 14.2 Å². The number of aliphatic hydroxyl groups excluding tert-OH is 2. The first kappa shape index (κ1) is 29.0. The summed E-state index contributed by atoms with van der Waals surface area (Å²) in [6, 6.07) is 17.6. The Labute approximate surface area is 251 Å². The second-order valence-electron chi connectivity index (χ2n) is 10.8. The molecule has 0 spiro atoms. The highest BCUT2D eigenvalue weighted by Crippen LogP contribution is 2.40. The van der Waals surface area contributed by atoms with Crippen molar-refractivity contribution in [1.82, 2.24) is 19.4 Å². The number of fused-ring (bicyclic) bond motifs is 2. The summed E-state index contributed by atoms with van der Waals surface area (Å²) in [6.45, 7) is -0.233. The average molecular weight is 600 g/mol. The Bertz CT molecular complexity index is 1910. The van der Waals surface area contributed by atoms with E-state index in [0.717, 1.165) is 5.56 Å². The van der Waals surface area contributed by atoms with E-state index in [1.807, 2.05) is 6.07 Å². The van der Waals surface area contributed by atoms with E-state index in [2.05, 4.69) is 9.97 Å². The number of hydrogen-bond acceptors (Lipinski definition) is 9.